The highest BCUT2D eigenvalue weighted by atomic mass is 79.9. The van der Waals surface area contributed by atoms with Gasteiger partial charge >= 0.3 is 10.1 Å². The fourth-order valence-corrected chi connectivity index (χ4v) is 4.34. The van der Waals surface area contributed by atoms with Crippen molar-refractivity contribution in [2.24, 2.45) is 0 Å². The lowest BCUT2D eigenvalue weighted by Gasteiger charge is -2.07. The molecule has 0 bridgehead atoms. The lowest BCUT2D eigenvalue weighted by Crippen LogP contribution is -2.08. The standard InChI is InChI=1S/C11H8BrClO3S2/c1-7-2-3-9(8(12)6-7)16-18(14,15)11-5-4-10(13)17-11/h2-6H,1H3. The molecule has 0 N–H and O–H groups in total. The second-order valence-corrected chi connectivity index (χ2v) is 7.87. The lowest BCUT2D eigenvalue weighted by atomic mass is 10.2. The molecule has 0 atom stereocenters. The Morgan fingerprint density at radius 1 is 1.28 bits per heavy atom. The van der Waals surface area contributed by atoms with Crippen molar-refractivity contribution in [3.05, 3.63) is 44.7 Å². The molecule has 7 heteroatoms. The number of aryl methyl sites for hydroxylation is 1. The molecule has 0 saturated carbocycles. The molecule has 0 unspecified atom stereocenters. The Morgan fingerprint density at radius 3 is 2.56 bits per heavy atom. The average Bonchev–Trinajstić information content (AvgIpc) is 2.70. The normalized spacial score (nSPS) is 11.5. The van der Waals surface area contributed by atoms with Gasteiger partial charge in [-0.05, 0) is 52.7 Å². The predicted molar refractivity (Wildman–Crippen MR) is 76.0 cm³/mol. The van der Waals surface area contributed by atoms with E-state index in [2.05, 4.69) is 15.9 Å². The van der Waals surface area contributed by atoms with Crippen LogP contribution in [0, 0.1) is 6.92 Å². The Balaban J connectivity index is 2.33. The molecule has 1 aromatic carbocycles. The van der Waals surface area contributed by atoms with Gasteiger partial charge in [-0.25, -0.2) is 0 Å². The molecule has 2 rings (SSSR count). The minimum absolute atomic E-state index is 0.0833. The lowest BCUT2D eigenvalue weighted by molar-refractivity contribution is 0.487. The van der Waals surface area contributed by atoms with E-state index in [1.54, 1.807) is 18.2 Å². The SMILES string of the molecule is Cc1ccc(OS(=O)(=O)c2ccc(Cl)s2)c(Br)c1. The molecule has 0 aliphatic carbocycles. The van der Waals surface area contributed by atoms with E-state index < -0.39 is 10.1 Å². The van der Waals surface area contributed by atoms with E-state index in [-0.39, 0.29) is 9.96 Å². The monoisotopic (exact) mass is 366 g/mol. The summed E-state index contributed by atoms with van der Waals surface area (Å²) in [6, 6.07) is 8.10. The highest BCUT2D eigenvalue weighted by Gasteiger charge is 2.20. The Bertz CT molecular complexity index is 679. The minimum Gasteiger partial charge on any atom is -0.377 e. The maximum atomic E-state index is 12.0. The van der Waals surface area contributed by atoms with Crippen LogP contribution in [-0.2, 0) is 10.1 Å². The molecular weight excluding hydrogens is 360 g/mol. The number of halogens is 2. The third kappa shape index (κ3) is 3.06. The second kappa shape index (κ2) is 5.21. The predicted octanol–water partition coefficient (Wildman–Crippen LogP) is 4.24. The minimum atomic E-state index is -3.82. The van der Waals surface area contributed by atoms with Gasteiger partial charge in [0.05, 0.1) is 8.81 Å². The van der Waals surface area contributed by atoms with E-state index in [4.69, 9.17) is 15.8 Å². The zero-order valence-electron chi connectivity index (χ0n) is 9.18. The largest absolute Gasteiger partial charge is 0.377 e. The van der Waals surface area contributed by atoms with Gasteiger partial charge in [0.15, 0.2) is 9.96 Å². The summed E-state index contributed by atoms with van der Waals surface area (Å²) in [5.74, 6) is 0.255. The van der Waals surface area contributed by atoms with E-state index in [9.17, 15) is 8.42 Å². The molecule has 0 spiro atoms. The maximum Gasteiger partial charge on any atom is 0.348 e. The van der Waals surface area contributed by atoms with Crippen LogP contribution in [0.25, 0.3) is 0 Å². The van der Waals surface area contributed by atoms with Gasteiger partial charge < -0.3 is 4.18 Å². The van der Waals surface area contributed by atoms with Crippen LogP contribution in [0.1, 0.15) is 5.56 Å². The Morgan fingerprint density at radius 2 is 2.00 bits per heavy atom. The van der Waals surface area contributed by atoms with E-state index >= 15 is 0 Å². The summed E-state index contributed by atoms with van der Waals surface area (Å²) >= 11 is 9.94. The quantitative estimate of drug-likeness (QED) is 0.762. The summed E-state index contributed by atoms with van der Waals surface area (Å²) < 4.78 is 30.1. The van der Waals surface area contributed by atoms with Crippen molar-refractivity contribution in [1.29, 1.82) is 0 Å². The van der Waals surface area contributed by atoms with Gasteiger partial charge in [-0.2, -0.15) is 8.42 Å². The first kappa shape index (κ1) is 13.9. The fourth-order valence-electron chi connectivity index (χ4n) is 1.26. The van der Waals surface area contributed by atoms with E-state index in [0.717, 1.165) is 16.9 Å². The average molecular weight is 368 g/mol. The zero-order chi connectivity index (χ0) is 13.3. The smallest absolute Gasteiger partial charge is 0.348 e. The molecule has 0 saturated heterocycles. The molecule has 0 fully saturated rings. The topological polar surface area (TPSA) is 43.4 Å². The highest BCUT2D eigenvalue weighted by molar-refractivity contribution is 9.10. The Labute approximate surface area is 123 Å². The summed E-state index contributed by atoms with van der Waals surface area (Å²) in [4.78, 5) is 0. The van der Waals surface area contributed by atoms with Crippen LogP contribution in [0.5, 0.6) is 5.75 Å². The van der Waals surface area contributed by atoms with Crippen molar-refractivity contribution in [2.75, 3.05) is 0 Å². The van der Waals surface area contributed by atoms with Crippen LogP contribution in [-0.4, -0.2) is 8.42 Å². The zero-order valence-corrected chi connectivity index (χ0v) is 13.2. The van der Waals surface area contributed by atoms with Crippen molar-refractivity contribution in [1.82, 2.24) is 0 Å². The first-order valence-electron chi connectivity index (χ1n) is 4.84. The molecule has 96 valence electrons. The van der Waals surface area contributed by atoms with Gasteiger partial charge in [-0.1, -0.05) is 17.7 Å². The molecule has 3 nitrogen and oxygen atoms in total. The molecule has 0 aliphatic rings. The number of thiophene rings is 1. The molecule has 0 amide bonds. The first-order chi connectivity index (χ1) is 8.38. The molecule has 0 aliphatic heterocycles. The molecule has 2 aromatic rings. The van der Waals surface area contributed by atoms with Gasteiger partial charge in [0.25, 0.3) is 0 Å². The second-order valence-electron chi connectivity index (χ2n) is 3.53. The van der Waals surface area contributed by atoms with Crippen molar-refractivity contribution >= 4 is 49.0 Å². The Kier molecular flexibility index (Phi) is 4.01. The van der Waals surface area contributed by atoms with Crippen molar-refractivity contribution in [2.45, 2.75) is 11.1 Å². The summed E-state index contributed by atoms with van der Waals surface area (Å²) in [7, 11) is -3.82. The fraction of sp³-hybridized carbons (Fsp3) is 0.0909. The van der Waals surface area contributed by atoms with Gasteiger partial charge in [-0.15, -0.1) is 11.3 Å². The van der Waals surface area contributed by atoms with E-state index in [1.165, 1.54) is 12.1 Å². The van der Waals surface area contributed by atoms with E-state index in [1.807, 2.05) is 6.92 Å². The van der Waals surface area contributed by atoms with Crippen LogP contribution < -0.4 is 4.18 Å². The van der Waals surface area contributed by atoms with E-state index in [0.29, 0.717) is 8.81 Å². The van der Waals surface area contributed by atoms with Crippen LogP contribution >= 0.6 is 38.9 Å². The molecule has 0 radical (unpaired) electrons. The third-order valence-electron chi connectivity index (χ3n) is 2.08. The van der Waals surface area contributed by atoms with Gasteiger partial charge in [0.1, 0.15) is 0 Å². The van der Waals surface area contributed by atoms with Gasteiger partial charge in [-0.3, -0.25) is 0 Å². The van der Waals surface area contributed by atoms with Crippen LogP contribution in [0.2, 0.25) is 4.34 Å². The Hall–Kier alpha value is -0.560. The van der Waals surface area contributed by atoms with Gasteiger partial charge in [0, 0.05) is 0 Å². The van der Waals surface area contributed by atoms with Gasteiger partial charge in [0.2, 0.25) is 0 Å². The van der Waals surface area contributed by atoms with Crippen LogP contribution in [0.4, 0.5) is 0 Å². The summed E-state index contributed by atoms with van der Waals surface area (Å²) in [5.41, 5.74) is 1.01. The van der Waals surface area contributed by atoms with Crippen LogP contribution in [0.3, 0.4) is 0 Å². The number of hydrogen-bond acceptors (Lipinski definition) is 4. The van der Waals surface area contributed by atoms with Crippen molar-refractivity contribution < 1.29 is 12.6 Å². The van der Waals surface area contributed by atoms with Crippen molar-refractivity contribution in [3.63, 3.8) is 0 Å². The third-order valence-corrected chi connectivity index (χ3v) is 5.62. The summed E-state index contributed by atoms with van der Waals surface area (Å²) in [6.45, 7) is 1.90. The first-order valence-corrected chi connectivity index (χ1v) is 8.24. The van der Waals surface area contributed by atoms with Crippen LogP contribution in [0.15, 0.2) is 39.0 Å². The highest BCUT2D eigenvalue weighted by Crippen LogP contribution is 2.31. The summed E-state index contributed by atoms with van der Waals surface area (Å²) in [6.07, 6.45) is 0. The number of rotatable bonds is 3. The summed E-state index contributed by atoms with van der Waals surface area (Å²) in [5, 5.41) is 0. The molecular formula is C11H8BrClO3S2. The van der Waals surface area contributed by atoms with Crippen molar-refractivity contribution in [3.8, 4) is 5.75 Å². The molecule has 18 heavy (non-hydrogen) atoms. The number of benzene rings is 1. The molecule has 1 aromatic heterocycles. The maximum absolute atomic E-state index is 12.0. The molecule has 1 heterocycles. The number of hydrogen-bond donors (Lipinski definition) is 0.